The van der Waals surface area contributed by atoms with Gasteiger partial charge in [0.1, 0.15) is 5.84 Å². The van der Waals surface area contributed by atoms with Crippen molar-refractivity contribution < 1.29 is 0 Å². The van der Waals surface area contributed by atoms with Crippen LogP contribution in [0.5, 0.6) is 0 Å². The Kier molecular flexibility index (Phi) is 8.24. The van der Waals surface area contributed by atoms with Crippen molar-refractivity contribution >= 4 is 11.5 Å². The fourth-order valence-corrected chi connectivity index (χ4v) is 2.50. The van der Waals surface area contributed by atoms with Crippen molar-refractivity contribution in [3.8, 4) is 0 Å². The zero-order valence-electron chi connectivity index (χ0n) is 16.7. The second-order valence-electron chi connectivity index (χ2n) is 7.71. The molecule has 0 saturated heterocycles. The average Bonchev–Trinajstić information content (AvgIpc) is 2.47. The van der Waals surface area contributed by atoms with Crippen LogP contribution in [-0.4, -0.2) is 5.84 Å². The molecule has 1 aliphatic rings. The monoisotopic (exact) mass is 328 g/mol. The summed E-state index contributed by atoms with van der Waals surface area (Å²) in [5.74, 6) is 2.97. The number of rotatable bonds is 4. The van der Waals surface area contributed by atoms with Crippen molar-refractivity contribution in [1.82, 2.24) is 5.32 Å². The van der Waals surface area contributed by atoms with Gasteiger partial charge >= 0.3 is 0 Å². The van der Waals surface area contributed by atoms with Gasteiger partial charge in [0.15, 0.2) is 0 Å². The molecule has 1 aromatic rings. The minimum Gasteiger partial charge on any atom is -0.348 e. The molecule has 1 aliphatic carbocycles. The number of amidine groups is 1. The molecule has 1 atom stereocenters. The Morgan fingerprint density at radius 1 is 1.21 bits per heavy atom. The molecule has 2 nitrogen and oxygen atoms in total. The van der Waals surface area contributed by atoms with Crippen LogP contribution in [0.1, 0.15) is 65.0 Å². The van der Waals surface area contributed by atoms with Crippen LogP contribution in [0, 0.1) is 31.6 Å². The van der Waals surface area contributed by atoms with Crippen molar-refractivity contribution in [2.75, 3.05) is 0 Å². The minimum absolute atomic E-state index is 0.435. The van der Waals surface area contributed by atoms with E-state index in [0.29, 0.717) is 11.8 Å². The summed E-state index contributed by atoms with van der Waals surface area (Å²) in [6.45, 7) is 19.2. The van der Waals surface area contributed by atoms with E-state index < -0.39 is 0 Å². The zero-order valence-corrected chi connectivity index (χ0v) is 16.7. The first kappa shape index (κ1) is 20.5. The van der Waals surface area contributed by atoms with Crippen LogP contribution < -0.4 is 5.32 Å². The lowest BCUT2D eigenvalue weighted by Gasteiger charge is -2.20. The normalized spacial score (nSPS) is 16.1. The highest BCUT2D eigenvalue weighted by atomic mass is 15.0. The third-order valence-electron chi connectivity index (χ3n) is 4.93. The second kappa shape index (κ2) is 9.66. The zero-order chi connectivity index (χ0) is 18.3. The number of hydrogen-bond acceptors (Lipinski definition) is 1. The standard InChI is InChI=1S/C17H26N2.C5H10/c1-11(2)14(5)15(6)18-16(7)19-17-9-8-12(3)10-13(17)4;1-5-3-2-4-5/h8-11,14H,6H2,1-5,7H3,(H,18,19);5H,2-4H2,1H3. The highest BCUT2D eigenvalue weighted by Crippen LogP contribution is 2.24. The lowest BCUT2D eigenvalue weighted by atomic mass is 9.88. The van der Waals surface area contributed by atoms with Crippen molar-refractivity contribution in [1.29, 1.82) is 0 Å². The third kappa shape index (κ3) is 6.90. The maximum atomic E-state index is 4.63. The van der Waals surface area contributed by atoms with Crippen molar-refractivity contribution in [2.24, 2.45) is 22.7 Å². The Hall–Kier alpha value is -1.57. The highest BCUT2D eigenvalue weighted by molar-refractivity contribution is 5.84. The van der Waals surface area contributed by atoms with Gasteiger partial charge in [-0.25, -0.2) is 4.99 Å². The summed E-state index contributed by atoms with van der Waals surface area (Å²) in [6.07, 6.45) is 4.46. The lowest BCUT2D eigenvalue weighted by Crippen LogP contribution is -2.25. The molecule has 1 fully saturated rings. The van der Waals surface area contributed by atoms with Crippen molar-refractivity contribution in [2.45, 2.75) is 67.7 Å². The Morgan fingerprint density at radius 3 is 2.21 bits per heavy atom. The van der Waals surface area contributed by atoms with Crippen molar-refractivity contribution in [3.63, 3.8) is 0 Å². The van der Waals surface area contributed by atoms with Gasteiger partial charge in [-0.2, -0.15) is 0 Å². The Morgan fingerprint density at radius 2 is 1.79 bits per heavy atom. The molecule has 1 unspecified atom stereocenters. The summed E-state index contributed by atoms with van der Waals surface area (Å²) in [4.78, 5) is 4.63. The molecular formula is C22H36N2. The van der Waals surface area contributed by atoms with Crippen LogP contribution in [0.3, 0.4) is 0 Å². The van der Waals surface area contributed by atoms with E-state index >= 15 is 0 Å². The van der Waals surface area contributed by atoms with Crippen LogP contribution in [0.15, 0.2) is 35.5 Å². The quantitative estimate of drug-likeness (QED) is 0.491. The van der Waals surface area contributed by atoms with Gasteiger partial charge < -0.3 is 5.32 Å². The van der Waals surface area contributed by atoms with Gasteiger partial charge in [-0.15, -0.1) is 0 Å². The Labute approximate surface area is 149 Å². The molecule has 0 amide bonds. The van der Waals surface area contributed by atoms with Crippen LogP contribution in [0.4, 0.5) is 5.69 Å². The Balaban J connectivity index is 0.000000488. The van der Waals surface area contributed by atoms with E-state index in [1.807, 2.05) is 6.92 Å². The third-order valence-corrected chi connectivity index (χ3v) is 4.93. The summed E-state index contributed by atoms with van der Waals surface area (Å²) >= 11 is 0. The number of nitrogens with zero attached hydrogens (tertiary/aromatic N) is 1. The molecule has 1 N–H and O–H groups in total. The second-order valence-corrected chi connectivity index (χ2v) is 7.71. The highest BCUT2D eigenvalue weighted by Gasteiger charge is 2.11. The molecule has 0 spiro atoms. The number of nitrogens with one attached hydrogen (secondary N) is 1. The summed E-state index contributed by atoms with van der Waals surface area (Å²) in [6, 6.07) is 6.30. The molecule has 2 rings (SSSR count). The van der Waals surface area contributed by atoms with Crippen LogP contribution in [0.2, 0.25) is 0 Å². The average molecular weight is 329 g/mol. The van der Waals surface area contributed by atoms with Gasteiger partial charge in [0.05, 0.1) is 5.69 Å². The van der Waals surface area contributed by atoms with E-state index in [4.69, 9.17) is 0 Å². The van der Waals surface area contributed by atoms with Crippen LogP contribution in [-0.2, 0) is 0 Å². The van der Waals surface area contributed by atoms with Crippen molar-refractivity contribution in [3.05, 3.63) is 41.6 Å². The molecule has 0 heterocycles. The van der Waals surface area contributed by atoms with E-state index in [-0.39, 0.29) is 0 Å². The van der Waals surface area contributed by atoms with Gasteiger partial charge in [-0.3, -0.25) is 0 Å². The number of benzene rings is 1. The maximum absolute atomic E-state index is 4.63. The number of hydrogen-bond donors (Lipinski definition) is 1. The smallest absolute Gasteiger partial charge is 0.103 e. The number of allylic oxidation sites excluding steroid dienone is 1. The lowest BCUT2D eigenvalue weighted by molar-refractivity contribution is 0.346. The molecular weight excluding hydrogens is 292 g/mol. The van der Waals surface area contributed by atoms with E-state index in [2.05, 4.69) is 76.6 Å². The van der Waals surface area contributed by atoms with E-state index in [1.54, 1.807) is 0 Å². The van der Waals surface area contributed by atoms with Crippen LogP contribution >= 0.6 is 0 Å². The largest absolute Gasteiger partial charge is 0.348 e. The van der Waals surface area contributed by atoms with E-state index in [1.165, 1.54) is 30.4 Å². The van der Waals surface area contributed by atoms with E-state index in [0.717, 1.165) is 23.1 Å². The molecule has 134 valence electrons. The molecule has 1 saturated carbocycles. The molecule has 0 radical (unpaired) electrons. The molecule has 0 aromatic heterocycles. The summed E-state index contributed by atoms with van der Waals surface area (Å²) < 4.78 is 0. The first-order valence-corrected chi connectivity index (χ1v) is 9.29. The first-order valence-electron chi connectivity index (χ1n) is 9.29. The number of aliphatic imine (C=N–C) groups is 1. The summed E-state index contributed by atoms with van der Waals surface area (Å²) in [7, 11) is 0. The summed E-state index contributed by atoms with van der Waals surface area (Å²) in [5.41, 5.74) is 4.50. The molecule has 1 aromatic carbocycles. The predicted molar refractivity (Wildman–Crippen MR) is 108 cm³/mol. The SMILES string of the molecule is C=C(NC(C)=Nc1ccc(C)cc1C)C(C)C(C)C.CC1CCC1. The van der Waals surface area contributed by atoms with Gasteiger partial charge in [0.2, 0.25) is 0 Å². The topological polar surface area (TPSA) is 24.4 Å². The molecule has 0 bridgehead atoms. The van der Waals surface area contributed by atoms with Gasteiger partial charge in [0.25, 0.3) is 0 Å². The molecule has 24 heavy (non-hydrogen) atoms. The van der Waals surface area contributed by atoms with Gasteiger partial charge in [-0.05, 0) is 50.2 Å². The fourth-order valence-electron chi connectivity index (χ4n) is 2.50. The number of aryl methyl sites for hydroxylation is 2. The first-order chi connectivity index (χ1) is 11.2. The Bertz CT molecular complexity index is 565. The maximum Gasteiger partial charge on any atom is 0.103 e. The molecule has 2 heteroatoms. The van der Waals surface area contributed by atoms with Gasteiger partial charge in [-0.1, -0.05) is 71.2 Å². The van der Waals surface area contributed by atoms with Gasteiger partial charge in [0, 0.05) is 5.70 Å². The fraction of sp³-hybridized carbons (Fsp3) is 0.591. The van der Waals surface area contributed by atoms with E-state index in [9.17, 15) is 0 Å². The summed E-state index contributed by atoms with van der Waals surface area (Å²) in [5, 5.41) is 3.31. The predicted octanol–water partition coefficient (Wildman–Crippen LogP) is 6.56. The minimum atomic E-state index is 0.435. The van der Waals surface area contributed by atoms with Crippen LogP contribution in [0.25, 0.3) is 0 Å². The molecule has 0 aliphatic heterocycles.